The molecule has 0 fully saturated rings. The number of nitrogens with one attached hydrogen (secondary N) is 2. The Hall–Kier alpha value is -3.73. The third-order valence-electron chi connectivity index (χ3n) is 4.38. The second-order valence-corrected chi connectivity index (χ2v) is 6.02. The smallest absolute Gasteiger partial charge is 0.162 e. The first-order chi connectivity index (χ1) is 12.9. The quantitative estimate of drug-likeness (QED) is 0.490. The molecule has 5 heteroatoms. The van der Waals surface area contributed by atoms with E-state index in [9.17, 15) is 0 Å². The lowest BCUT2D eigenvalue weighted by molar-refractivity contribution is 1.21. The minimum Gasteiger partial charge on any atom is -0.359 e. The lowest BCUT2D eigenvalue weighted by Gasteiger charge is -2.12. The molecule has 3 aromatic heterocycles. The van der Waals surface area contributed by atoms with E-state index in [2.05, 4.69) is 27.4 Å². The van der Waals surface area contributed by atoms with Crippen molar-refractivity contribution < 1.29 is 0 Å². The lowest BCUT2D eigenvalue weighted by atomic mass is 10.2. The molecule has 0 amide bonds. The molecule has 0 atom stereocenters. The van der Waals surface area contributed by atoms with Crippen molar-refractivity contribution in [2.45, 2.75) is 0 Å². The highest BCUT2D eigenvalue weighted by Crippen LogP contribution is 2.30. The van der Waals surface area contributed by atoms with Crippen LogP contribution < -0.4 is 5.32 Å². The van der Waals surface area contributed by atoms with E-state index in [1.54, 1.807) is 12.4 Å². The second kappa shape index (κ2) is 5.97. The van der Waals surface area contributed by atoms with E-state index >= 15 is 0 Å². The minimum atomic E-state index is 0.673. The third kappa shape index (κ3) is 2.46. The number of rotatable bonds is 3. The second-order valence-electron chi connectivity index (χ2n) is 6.02. The number of benzene rings is 2. The van der Waals surface area contributed by atoms with Crippen molar-refractivity contribution in [2.24, 2.45) is 0 Å². The molecule has 0 saturated heterocycles. The zero-order valence-electron chi connectivity index (χ0n) is 13.8. The van der Waals surface area contributed by atoms with Gasteiger partial charge < -0.3 is 10.3 Å². The number of anilines is 2. The van der Waals surface area contributed by atoms with Crippen LogP contribution in [-0.2, 0) is 0 Å². The van der Waals surface area contributed by atoms with Crippen molar-refractivity contribution in [2.75, 3.05) is 5.32 Å². The van der Waals surface area contributed by atoms with E-state index < -0.39 is 0 Å². The molecule has 5 nitrogen and oxygen atoms in total. The van der Waals surface area contributed by atoms with Gasteiger partial charge in [0.25, 0.3) is 0 Å². The Labute approximate surface area is 149 Å². The number of nitrogens with zero attached hydrogens (tertiary/aromatic N) is 3. The molecule has 0 aliphatic rings. The van der Waals surface area contributed by atoms with Crippen LogP contribution in [0.3, 0.4) is 0 Å². The number of aromatic nitrogens is 4. The fourth-order valence-corrected chi connectivity index (χ4v) is 3.12. The minimum absolute atomic E-state index is 0.673. The number of hydrogen-bond donors (Lipinski definition) is 2. The van der Waals surface area contributed by atoms with Crippen LogP contribution in [0.5, 0.6) is 0 Å². The average molecular weight is 337 g/mol. The van der Waals surface area contributed by atoms with Crippen molar-refractivity contribution in [1.29, 1.82) is 0 Å². The molecule has 0 spiro atoms. The summed E-state index contributed by atoms with van der Waals surface area (Å²) in [6.07, 6.45) is 5.44. The van der Waals surface area contributed by atoms with Crippen LogP contribution in [0.2, 0.25) is 0 Å². The van der Waals surface area contributed by atoms with Gasteiger partial charge in [0, 0.05) is 34.9 Å². The van der Waals surface area contributed by atoms with Crippen LogP contribution in [0, 0.1) is 0 Å². The van der Waals surface area contributed by atoms with Gasteiger partial charge in [0.1, 0.15) is 5.82 Å². The third-order valence-corrected chi connectivity index (χ3v) is 4.38. The van der Waals surface area contributed by atoms with Gasteiger partial charge in [-0.25, -0.2) is 9.97 Å². The fraction of sp³-hybridized carbons (Fsp3) is 0. The Kier molecular flexibility index (Phi) is 3.35. The van der Waals surface area contributed by atoms with Gasteiger partial charge in [0.2, 0.25) is 0 Å². The maximum absolute atomic E-state index is 4.79. The average Bonchev–Trinajstić information content (AvgIpc) is 3.18. The Balaban J connectivity index is 1.70. The normalized spacial score (nSPS) is 11.1. The number of H-pyrrole nitrogens is 1. The van der Waals surface area contributed by atoms with Gasteiger partial charge in [-0.15, -0.1) is 0 Å². The van der Waals surface area contributed by atoms with Crippen LogP contribution in [0.1, 0.15) is 0 Å². The van der Waals surface area contributed by atoms with E-state index in [1.807, 2.05) is 54.7 Å². The molecule has 5 rings (SSSR count). The molecule has 0 unspecified atom stereocenters. The van der Waals surface area contributed by atoms with Crippen LogP contribution in [0.15, 0.2) is 79.3 Å². The van der Waals surface area contributed by atoms with Gasteiger partial charge in [0.15, 0.2) is 5.82 Å². The van der Waals surface area contributed by atoms with E-state index in [1.165, 1.54) is 0 Å². The molecule has 124 valence electrons. The standard InChI is InChI=1S/C21H15N5/c1-2-6-17-16(5-1)21(26-20(24-17)15-8-11-22-12-9-15)25-18-7-3-4-14-10-13-23-19(14)18/h1-13,23H,(H,24,25,26). The number of para-hydroxylation sites is 2. The van der Waals surface area contributed by atoms with Gasteiger partial charge in [-0.3, -0.25) is 4.98 Å². The molecule has 3 heterocycles. The molecule has 0 aliphatic carbocycles. The highest BCUT2D eigenvalue weighted by atomic mass is 15.0. The van der Waals surface area contributed by atoms with Crippen molar-refractivity contribution in [3.05, 3.63) is 79.3 Å². The molecular weight excluding hydrogens is 322 g/mol. The predicted octanol–water partition coefficient (Wildman–Crippen LogP) is 4.92. The zero-order valence-corrected chi connectivity index (χ0v) is 13.8. The number of pyridine rings is 1. The molecule has 5 aromatic rings. The summed E-state index contributed by atoms with van der Waals surface area (Å²) in [4.78, 5) is 16.9. The Morgan fingerprint density at radius 3 is 2.62 bits per heavy atom. The van der Waals surface area contributed by atoms with E-state index in [4.69, 9.17) is 9.97 Å². The number of fused-ring (bicyclic) bond motifs is 2. The first kappa shape index (κ1) is 14.6. The Bertz CT molecular complexity index is 1210. The Morgan fingerprint density at radius 2 is 1.69 bits per heavy atom. The van der Waals surface area contributed by atoms with Gasteiger partial charge in [-0.1, -0.05) is 24.3 Å². The lowest BCUT2D eigenvalue weighted by Crippen LogP contribution is -2.00. The van der Waals surface area contributed by atoms with Crippen molar-refractivity contribution in [3.63, 3.8) is 0 Å². The van der Waals surface area contributed by atoms with E-state index in [0.29, 0.717) is 5.82 Å². The molecule has 0 radical (unpaired) electrons. The summed E-state index contributed by atoms with van der Waals surface area (Å²) in [5.74, 6) is 1.46. The summed E-state index contributed by atoms with van der Waals surface area (Å²) in [6, 6.07) is 20.1. The first-order valence-electron chi connectivity index (χ1n) is 8.39. The summed E-state index contributed by atoms with van der Waals surface area (Å²) < 4.78 is 0. The van der Waals surface area contributed by atoms with Gasteiger partial charge >= 0.3 is 0 Å². The summed E-state index contributed by atoms with van der Waals surface area (Å²) in [6.45, 7) is 0. The maximum atomic E-state index is 4.79. The van der Waals surface area contributed by atoms with Crippen LogP contribution in [-0.4, -0.2) is 19.9 Å². The predicted molar refractivity (Wildman–Crippen MR) is 104 cm³/mol. The molecule has 0 aliphatic heterocycles. The van der Waals surface area contributed by atoms with Crippen molar-refractivity contribution >= 4 is 33.3 Å². The monoisotopic (exact) mass is 337 g/mol. The molecule has 0 bridgehead atoms. The van der Waals surface area contributed by atoms with Crippen LogP contribution in [0.25, 0.3) is 33.2 Å². The summed E-state index contributed by atoms with van der Waals surface area (Å²) in [5, 5.41) is 5.62. The maximum Gasteiger partial charge on any atom is 0.162 e. The van der Waals surface area contributed by atoms with Gasteiger partial charge in [-0.05, 0) is 36.4 Å². The SMILES string of the molecule is c1cc(Nc2nc(-c3ccncc3)nc3ccccc23)c2[nH]ccc2c1. The van der Waals surface area contributed by atoms with E-state index in [0.717, 1.165) is 38.9 Å². The fourth-order valence-electron chi connectivity index (χ4n) is 3.12. The molecule has 2 N–H and O–H groups in total. The highest BCUT2D eigenvalue weighted by molar-refractivity contribution is 5.97. The van der Waals surface area contributed by atoms with Crippen molar-refractivity contribution in [3.8, 4) is 11.4 Å². The first-order valence-corrected chi connectivity index (χ1v) is 8.39. The largest absolute Gasteiger partial charge is 0.359 e. The van der Waals surface area contributed by atoms with Crippen molar-refractivity contribution in [1.82, 2.24) is 19.9 Å². The molecule has 2 aromatic carbocycles. The van der Waals surface area contributed by atoms with Gasteiger partial charge in [0.05, 0.1) is 16.7 Å². The highest BCUT2D eigenvalue weighted by Gasteiger charge is 2.11. The molecule has 0 saturated carbocycles. The summed E-state index contributed by atoms with van der Waals surface area (Å²) >= 11 is 0. The Morgan fingerprint density at radius 1 is 0.808 bits per heavy atom. The zero-order chi connectivity index (χ0) is 17.3. The topological polar surface area (TPSA) is 66.5 Å². The number of hydrogen-bond acceptors (Lipinski definition) is 4. The molecule has 26 heavy (non-hydrogen) atoms. The number of aromatic amines is 1. The summed E-state index contributed by atoms with van der Waals surface area (Å²) in [7, 11) is 0. The summed E-state index contributed by atoms with van der Waals surface area (Å²) in [5.41, 5.74) is 3.88. The molecular formula is C21H15N5. The van der Waals surface area contributed by atoms with E-state index in [-0.39, 0.29) is 0 Å². The van der Waals surface area contributed by atoms with Gasteiger partial charge in [-0.2, -0.15) is 0 Å². The van der Waals surface area contributed by atoms with Crippen LogP contribution >= 0.6 is 0 Å². The van der Waals surface area contributed by atoms with Crippen LogP contribution in [0.4, 0.5) is 11.5 Å².